The fourth-order valence-electron chi connectivity index (χ4n) is 2.24. The van der Waals surface area contributed by atoms with Crippen LogP contribution in [0.5, 0.6) is 0 Å². The highest BCUT2D eigenvalue weighted by molar-refractivity contribution is 6.31. The second-order valence-corrected chi connectivity index (χ2v) is 5.53. The molecule has 0 saturated heterocycles. The minimum Gasteiger partial charge on any atom is -0.408 e. The van der Waals surface area contributed by atoms with Gasteiger partial charge in [0.05, 0.1) is 11.2 Å². The van der Waals surface area contributed by atoms with Gasteiger partial charge in [-0.25, -0.2) is 9.18 Å². The molecular weight excluding hydrogens is 323 g/mol. The Morgan fingerprint density at radius 3 is 2.83 bits per heavy atom. The van der Waals surface area contributed by atoms with Gasteiger partial charge in [0.25, 0.3) is 0 Å². The first-order valence-corrected chi connectivity index (χ1v) is 7.17. The summed E-state index contributed by atoms with van der Waals surface area (Å²) in [5.41, 5.74) is 1.54. The largest absolute Gasteiger partial charge is 0.420 e. The number of aromatic nitrogens is 1. The molecule has 1 heterocycles. The summed E-state index contributed by atoms with van der Waals surface area (Å²) in [5.74, 6) is -1.75. The number of nitrogens with one attached hydrogen (secondary N) is 1. The SMILES string of the molecule is Cc1ccc(NC(=O)Cn2c(=O)oc3cc(Cl)ccc32)c(F)c1. The molecule has 3 rings (SSSR count). The van der Waals surface area contributed by atoms with E-state index in [4.69, 9.17) is 16.0 Å². The quantitative estimate of drug-likeness (QED) is 0.799. The minimum atomic E-state index is -0.679. The van der Waals surface area contributed by atoms with E-state index in [-0.39, 0.29) is 17.8 Å². The third kappa shape index (κ3) is 3.12. The molecule has 5 nitrogen and oxygen atoms in total. The average molecular weight is 335 g/mol. The number of carbonyl (C=O) groups excluding carboxylic acids is 1. The number of aryl methyl sites for hydroxylation is 1. The lowest BCUT2D eigenvalue weighted by Gasteiger charge is -2.07. The molecule has 0 unspecified atom stereocenters. The topological polar surface area (TPSA) is 64.2 Å². The van der Waals surface area contributed by atoms with Crippen LogP contribution in [0.15, 0.2) is 45.6 Å². The number of nitrogens with zero attached hydrogens (tertiary/aromatic N) is 1. The summed E-state index contributed by atoms with van der Waals surface area (Å²) in [6.07, 6.45) is 0. The first kappa shape index (κ1) is 15.3. The van der Waals surface area contributed by atoms with Gasteiger partial charge < -0.3 is 9.73 Å². The highest BCUT2D eigenvalue weighted by Crippen LogP contribution is 2.19. The molecule has 0 aliphatic carbocycles. The van der Waals surface area contributed by atoms with Crippen LogP contribution in [0.1, 0.15) is 5.56 Å². The van der Waals surface area contributed by atoms with E-state index < -0.39 is 17.5 Å². The maximum absolute atomic E-state index is 13.7. The van der Waals surface area contributed by atoms with Crippen molar-refractivity contribution in [1.29, 1.82) is 0 Å². The van der Waals surface area contributed by atoms with Gasteiger partial charge in [-0.3, -0.25) is 9.36 Å². The summed E-state index contributed by atoms with van der Waals surface area (Å²) in [7, 11) is 0. The highest BCUT2D eigenvalue weighted by atomic mass is 35.5. The number of anilines is 1. The number of oxazole rings is 1. The number of benzene rings is 2. The van der Waals surface area contributed by atoms with Crippen molar-refractivity contribution in [2.45, 2.75) is 13.5 Å². The highest BCUT2D eigenvalue weighted by Gasteiger charge is 2.14. The number of fused-ring (bicyclic) bond motifs is 1. The molecule has 0 aliphatic rings. The Morgan fingerprint density at radius 2 is 2.09 bits per heavy atom. The van der Waals surface area contributed by atoms with E-state index in [9.17, 15) is 14.0 Å². The van der Waals surface area contributed by atoms with Gasteiger partial charge in [0.15, 0.2) is 5.58 Å². The van der Waals surface area contributed by atoms with Crippen molar-refractivity contribution in [2.24, 2.45) is 0 Å². The fourth-order valence-corrected chi connectivity index (χ4v) is 2.41. The van der Waals surface area contributed by atoms with Crippen LogP contribution < -0.4 is 11.1 Å². The molecule has 0 aliphatic heterocycles. The van der Waals surface area contributed by atoms with Gasteiger partial charge in [0.2, 0.25) is 5.91 Å². The lowest BCUT2D eigenvalue weighted by molar-refractivity contribution is -0.116. The van der Waals surface area contributed by atoms with Gasteiger partial charge in [-0.1, -0.05) is 17.7 Å². The summed E-state index contributed by atoms with van der Waals surface area (Å²) in [6, 6.07) is 9.14. The zero-order valence-corrected chi connectivity index (χ0v) is 12.9. The maximum Gasteiger partial charge on any atom is 0.420 e. The van der Waals surface area contributed by atoms with E-state index in [0.717, 1.165) is 10.1 Å². The molecule has 3 aromatic rings. The van der Waals surface area contributed by atoms with E-state index in [1.54, 1.807) is 25.1 Å². The Morgan fingerprint density at radius 1 is 1.30 bits per heavy atom. The molecule has 1 amide bonds. The smallest absolute Gasteiger partial charge is 0.408 e. The fraction of sp³-hybridized carbons (Fsp3) is 0.125. The Bertz CT molecular complexity index is 962. The molecule has 0 bridgehead atoms. The van der Waals surface area contributed by atoms with Crippen molar-refractivity contribution in [2.75, 3.05) is 5.32 Å². The van der Waals surface area contributed by atoms with Crippen LogP contribution in [0.3, 0.4) is 0 Å². The molecular formula is C16H12ClFN2O3. The van der Waals surface area contributed by atoms with E-state index in [1.807, 2.05) is 0 Å². The van der Waals surface area contributed by atoms with E-state index in [2.05, 4.69) is 5.32 Å². The number of halogens is 2. The summed E-state index contributed by atoms with van der Waals surface area (Å²) in [6.45, 7) is 1.46. The standard InChI is InChI=1S/C16H12ClFN2O3/c1-9-2-4-12(11(18)6-9)19-15(21)8-20-13-5-3-10(17)7-14(13)23-16(20)22/h2-7H,8H2,1H3,(H,19,21). The molecule has 23 heavy (non-hydrogen) atoms. The van der Waals surface area contributed by atoms with Gasteiger partial charge >= 0.3 is 5.76 Å². The Labute approximate surface area is 135 Å². The predicted molar refractivity (Wildman–Crippen MR) is 85.3 cm³/mol. The van der Waals surface area contributed by atoms with Crippen molar-refractivity contribution >= 4 is 34.3 Å². The lowest BCUT2D eigenvalue weighted by atomic mass is 10.2. The van der Waals surface area contributed by atoms with Crippen LogP contribution in [-0.4, -0.2) is 10.5 Å². The zero-order chi connectivity index (χ0) is 16.6. The zero-order valence-electron chi connectivity index (χ0n) is 12.1. The van der Waals surface area contributed by atoms with Gasteiger partial charge in [-0.15, -0.1) is 0 Å². The maximum atomic E-state index is 13.7. The van der Waals surface area contributed by atoms with Gasteiger partial charge in [-0.05, 0) is 36.8 Å². The first-order chi connectivity index (χ1) is 10.9. The number of hydrogen-bond donors (Lipinski definition) is 1. The molecule has 0 fully saturated rings. The van der Waals surface area contributed by atoms with E-state index >= 15 is 0 Å². The van der Waals surface area contributed by atoms with Gasteiger partial charge in [0, 0.05) is 11.1 Å². The minimum absolute atomic E-state index is 0.0597. The second-order valence-electron chi connectivity index (χ2n) is 5.10. The summed E-state index contributed by atoms with van der Waals surface area (Å²) in [4.78, 5) is 23.9. The van der Waals surface area contributed by atoms with Crippen LogP contribution in [0, 0.1) is 12.7 Å². The number of hydrogen-bond acceptors (Lipinski definition) is 3. The lowest BCUT2D eigenvalue weighted by Crippen LogP contribution is -2.25. The van der Waals surface area contributed by atoms with E-state index in [1.165, 1.54) is 18.2 Å². The molecule has 0 spiro atoms. The third-order valence-electron chi connectivity index (χ3n) is 3.33. The number of carbonyl (C=O) groups is 1. The first-order valence-electron chi connectivity index (χ1n) is 6.79. The molecule has 1 N–H and O–H groups in total. The monoisotopic (exact) mass is 334 g/mol. The van der Waals surface area contributed by atoms with Crippen LogP contribution in [-0.2, 0) is 11.3 Å². The average Bonchev–Trinajstić information content (AvgIpc) is 2.77. The van der Waals surface area contributed by atoms with Crippen LogP contribution >= 0.6 is 11.6 Å². The summed E-state index contributed by atoms with van der Waals surface area (Å²) < 4.78 is 19.9. The van der Waals surface area contributed by atoms with E-state index in [0.29, 0.717) is 10.5 Å². The summed E-state index contributed by atoms with van der Waals surface area (Å²) >= 11 is 5.83. The van der Waals surface area contributed by atoms with Crippen molar-refractivity contribution in [3.8, 4) is 0 Å². The van der Waals surface area contributed by atoms with Crippen LogP contribution in [0.2, 0.25) is 5.02 Å². The molecule has 7 heteroatoms. The van der Waals surface area contributed by atoms with Crippen LogP contribution in [0.4, 0.5) is 10.1 Å². The predicted octanol–water partition coefficient (Wildman–Crippen LogP) is 3.33. The molecule has 0 radical (unpaired) electrons. The molecule has 1 aromatic heterocycles. The number of rotatable bonds is 3. The Hall–Kier alpha value is -2.60. The Kier molecular flexibility index (Phi) is 3.92. The third-order valence-corrected chi connectivity index (χ3v) is 3.57. The van der Waals surface area contributed by atoms with Gasteiger partial charge in [0.1, 0.15) is 12.4 Å². The molecule has 118 valence electrons. The number of amides is 1. The van der Waals surface area contributed by atoms with Gasteiger partial charge in [-0.2, -0.15) is 0 Å². The normalized spacial score (nSPS) is 10.9. The Balaban J connectivity index is 1.86. The van der Waals surface area contributed by atoms with Crippen molar-refractivity contribution in [1.82, 2.24) is 4.57 Å². The second kappa shape index (κ2) is 5.89. The summed E-state index contributed by atoms with van der Waals surface area (Å²) in [5, 5.41) is 2.86. The molecule has 0 saturated carbocycles. The molecule has 0 atom stereocenters. The van der Waals surface area contributed by atoms with Crippen molar-refractivity contribution < 1.29 is 13.6 Å². The molecule has 2 aromatic carbocycles. The van der Waals surface area contributed by atoms with Crippen molar-refractivity contribution in [3.05, 3.63) is 63.4 Å². The van der Waals surface area contributed by atoms with Crippen LogP contribution in [0.25, 0.3) is 11.1 Å². The van der Waals surface area contributed by atoms with Crippen molar-refractivity contribution in [3.63, 3.8) is 0 Å².